The Labute approximate surface area is 89.7 Å². The number of hydrogen-bond donors (Lipinski definition) is 0. The molecule has 0 N–H and O–H groups in total. The van der Waals surface area contributed by atoms with Crippen LogP contribution in [0.25, 0.3) is 0 Å². The molecule has 0 aromatic carbocycles. The zero-order valence-corrected chi connectivity index (χ0v) is 10.1. The maximum atomic E-state index is 4.47. The fourth-order valence-electron chi connectivity index (χ4n) is 1.95. The molecule has 0 bridgehead atoms. The fraction of sp³-hybridized carbons (Fsp3) is 0.875. The Morgan fingerprint density at radius 2 is 2.00 bits per heavy atom. The molecular weight excluding hydrogens is 284 g/mol. The van der Waals surface area contributed by atoms with Gasteiger partial charge in [-0.1, -0.05) is 31.9 Å². The molecule has 2 aliphatic rings. The van der Waals surface area contributed by atoms with Gasteiger partial charge in [0.15, 0.2) is 0 Å². The van der Waals surface area contributed by atoms with Crippen molar-refractivity contribution in [1.29, 1.82) is 0 Å². The van der Waals surface area contributed by atoms with E-state index in [0.29, 0.717) is 21.7 Å². The quantitative estimate of drug-likeness (QED) is 0.624. The highest BCUT2D eigenvalue weighted by Gasteiger charge is 2.38. The summed E-state index contributed by atoms with van der Waals surface area (Å²) in [6.07, 6.45) is 4.32. The summed E-state index contributed by atoms with van der Waals surface area (Å²) in [5.41, 5.74) is 0. The molecule has 0 aromatic heterocycles. The van der Waals surface area contributed by atoms with Crippen molar-refractivity contribution < 1.29 is 0 Å². The number of aliphatic imine (C=N–C) groups is 1. The van der Waals surface area contributed by atoms with E-state index < -0.39 is 0 Å². The van der Waals surface area contributed by atoms with Gasteiger partial charge in [0.1, 0.15) is 0 Å². The van der Waals surface area contributed by atoms with E-state index in [-0.39, 0.29) is 0 Å². The molecule has 1 heterocycles. The minimum Gasteiger partial charge on any atom is -0.361 e. The Kier molecular flexibility index (Phi) is 2.47. The summed E-state index contributed by atoms with van der Waals surface area (Å²) in [5.74, 6) is 0. The van der Waals surface area contributed by atoms with Gasteiger partial charge < -0.3 is 4.90 Å². The van der Waals surface area contributed by atoms with Crippen LogP contribution in [-0.4, -0.2) is 40.0 Å². The second-order valence-electron chi connectivity index (χ2n) is 3.57. The average Bonchev–Trinajstić information content (AvgIpc) is 2.35. The number of halogens is 2. The van der Waals surface area contributed by atoms with Gasteiger partial charge in [-0.25, -0.2) is 0 Å². The van der Waals surface area contributed by atoms with Gasteiger partial charge in [0.25, 0.3) is 0 Å². The molecule has 0 aromatic rings. The lowest BCUT2D eigenvalue weighted by Gasteiger charge is -2.34. The van der Waals surface area contributed by atoms with Crippen LogP contribution >= 0.6 is 31.9 Å². The standard InChI is InChI=1S/C8H12Br2N2/c1-12-4-11-7-2-5(9)6(10)3-8(7)12/h4-8H,2-3H2,1H3/t5-,6+,7?,8?/m0/s1. The summed E-state index contributed by atoms with van der Waals surface area (Å²) < 4.78 is 0. The van der Waals surface area contributed by atoms with Crippen LogP contribution in [-0.2, 0) is 0 Å². The molecular formula is C8H12Br2N2. The molecule has 4 atom stereocenters. The normalized spacial score (nSPS) is 46.4. The third-order valence-corrected chi connectivity index (χ3v) is 5.47. The van der Waals surface area contributed by atoms with Gasteiger partial charge in [0.2, 0.25) is 0 Å². The predicted octanol–water partition coefficient (Wildman–Crippen LogP) is 2.02. The van der Waals surface area contributed by atoms with Gasteiger partial charge in [-0.2, -0.15) is 0 Å². The van der Waals surface area contributed by atoms with E-state index in [9.17, 15) is 0 Å². The highest BCUT2D eigenvalue weighted by molar-refractivity contribution is 9.12. The molecule has 1 fully saturated rings. The Balaban J connectivity index is 2.08. The summed E-state index contributed by atoms with van der Waals surface area (Å²) in [7, 11) is 2.11. The number of alkyl halides is 2. The molecule has 0 spiro atoms. The van der Waals surface area contributed by atoms with Crippen LogP contribution in [0.3, 0.4) is 0 Å². The van der Waals surface area contributed by atoms with E-state index in [4.69, 9.17) is 0 Å². The Bertz CT molecular complexity index is 207. The van der Waals surface area contributed by atoms with Gasteiger partial charge in [0.05, 0.1) is 18.4 Å². The molecule has 0 saturated heterocycles. The van der Waals surface area contributed by atoms with Crippen molar-refractivity contribution in [2.75, 3.05) is 7.05 Å². The Morgan fingerprint density at radius 1 is 1.33 bits per heavy atom. The summed E-state index contributed by atoms with van der Waals surface area (Å²) in [6.45, 7) is 0. The van der Waals surface area contributed by atoms with Crippen molar-refractivity contribution in [3.63, 3.8) is 0 Å². The zero-order chi connectivity index (χ0) is 8.72. The Hall–Kier alpha value is 0.430. The molecule has 68 valence electrons. The molecule has 1 aliphatic heterocycles. The highest BCUT2D eigenvalue weighted by atomic mass is 79.9. The van der Waals surface area contributed by atoms with E-state index in [0.717, 1.165) is 6.42 Å². The highest BCUT2D eigenvalue weighted by Crippen LogP contribution is 2.35. The van der Waals surface area contributed by atoms with Gasteiger partial charge in [-0.15, -0.1) is 0 Å². The largest absolute Gasteiger partial charge is 0.361 e. The number of nitrogens with zero attached hydrogens (tertiary/aromatic N) is 2. The molecule has 4 heteroatoms. The van der Waals surface area contributed by atoms with Crippen molar-refractivity contribution in [1.82, 2.24) is 4.90 Å². The topological polar surface area (TPSA) is 15.6 Å². The van der Waals surface area contributed by atoms with Gasteiger partial charge in [-0.3, -0.25) is 4.99 Å². The SMILES string of the molecule is CN1C=NC2C[C@H](Br)[C@H](Br)CC21. The molecule has 0 radical (unpaired) electrons. The molecule has 2 rings (SSSR count). The van der Waals surface area contributed by atoms with E-state index >= 15 is 0 Å². The van der Waals surface area contributed by atoms with Crippen LogP contribution in [0.2, 0.25) is 0 Å². The first kappa shape index (κ1) is 9.00. The molecule has 2 nitrogen and oxygen atoms in total. The summed E-state index contributed by atoms with van der Waals surface area (Å²) >= 11 is 7.36. The van der Waals surface area contributed by atoms with Crippen LogP contribution in [0, 0.1) is 0 Å². The smallest absolute Gasteiger partial charge is 0.0854 e. The maximum Gasteiger partial charge on any atom is 0.0854 e. The molecule has 0 amide bonds. The third-order valence-electron chi connectivity index (χ3n) is 2.73. The molecule has 2 unspecified atom stereocenters. The lowest BCUT2D eigenvalue weighted by molar-refractivity contribution is 0.291. The average molecular weight is 296 g/mol. The second kappa shape index (κ2) is 3.29. The van der Waals surface area contributed by atoms with Crippen LogP contribution in [0.1, 0.15) is 12.8 Å². The first-order valence-electron chi connectivity index (χ1n) is 4.22. The predicted molar refractivity (Wildman–Crippen MR) is 58.5 cm³/mol. The summed E-state index contributed by atoms with van der Waals surface area (Å²) in [6, 6.07) is 1.15. The number of rotatable bonds is 0. The molecule has 1 saturated carbocycles. The lowest BCUT2D eigenvalue weighted by Crippen LogP contribution is -2.43. The fourth-order valence-corrected chi connectivity index (χ4v) is 3.14. The van der Waals surface area contributed by atoms with Crippen LogP contribution < -0.4 is 0 Å². The molecule has 1 aliphatic carbocycles. The van der Waals surface area contributed by atoms with Crippen molar-refractivity contribution in [2.45, 2.75) is 34.6 Å². The van der Waals surface area contributed by atoms with E-state index in [1.54, 1.807) is 0 Å². The minimum atomic E-state index is 0.521. The number of fused-ring (bicyclic) bond motifs is 1. The van der Waals surface area contributed by atoms with Crippen molar-refractivity contribution in [3.05, 3.63) is 0 Å². The van der Waals surface area contributed by atoms with Crippen molar-refractivity contribution in [2.24, 2.45) is 4.99 Å². The van der Waals surface area contributed by atoms with Crippen molar-refractivity contribution >= 4 is 38.2 Å². The minimum absolute atomic E-state index is 0.521. The number of likely N-dealkylation sites (N-methyl/N-ethyl adjacent to an activating group) is 1. The van der Waals surface area contributed by atoms with Crippen LogP contribution in [0.5, 0.6) is 0 Å². The first-order valence-corrected chi connectivity index (χ1v) is 6.05. The van der Waals surface area contributed by atoms with E-state index in [1.165, 1.54) is 6.42 Å². The Morgan fingerprint density at radius 3 is 2.75 bits per heavy atom. The number of hydrogen-bond acceptors (Lipinski definition) is 2. The summed E-state index contributed by atoms with van der Waals surface area (Å²) in [4.78, 5) is 7.89. The first-order chi connectivity index (χ1) is 5.68. The van der Waals surface area contributed by atoms with Gasteiger partial charge >= 0.3 is 0 Å². The van der Waals surface area contributed by atoms with E-state index in [1.807, 2.05) is 6.34 Å². The lowest BCUT2D eigenvalue weighted by atomic mass is 9.91. The molecule has 12 heavy (non-hydrogen) atoms. The van der Waals surface area contributed by atoms with Crippen LogP contribution in [0.15, 0.2) is 4.99 Å². The van der Waals surface area contributed by atoms with Crippen LogP contribution in [0.4, 0.5) is 0 Å². The summed E-state index contributed by atoms with van der Waals surface area (Å²) in [5, 5.41) is 0. The second-order valence-corrected chi connectivity index (χ2v) is 5.92. The van der Waals surface area contributed by atoms with Gasteiger partial charge in [0, 0.05) is 16.7 Å². The van der Waals surface area contributed by atoms with Gasteiger partial charge in [-0.05, 0) is 12.8 Å². The maximum absolute atomic E-state index is 4.47. The monoisotopic (exact) mass is 294 g/mol. The van der Waals surface area contributed by atoms with E-state index in [2.05, 4.69) is 48.8 Å². The zero-order valence-electron chi connectivity index (χ0n) is 6.95. The van der Waals surface area contributed by atoms with Crippen molar-refractivity contribution in [3.8, 4) is 0 Å². The third kappa shape index (κ3) is 1.43.